The Morgan fingerprint density at radius 2 is 1.81 bits per heavy atom. The lowest BCUT2D eigenvalue weighted by Crippen LogP contribution is -2.35. The minimum atomic E-state index is -5.22. The zero-order chi connectivity index (χ0) is 19.1. The summed E-state index contributed by atoms with van der Waals surface area (Å²) < 4.78 is 44.8. The Balaban J connectivity index is 2.44. The van der Waals surface area contributed by atoms with Gasteiger partial charge in [0.05, 0.1) is 11.5 Å². The smallest absolute Gasteiger partial charge is 0.438 e. The van der Waals surface area contributed by atoms with Crippen LogP contribution in [-0.4, -0.2) is 17.6 Å². The van der Waals surface area contributed by atoms with Gasteiger partial charge in [-0.1, -0.05) is 30.3 Å². The molecule has 0 unspecified atom stereocenters. The first-order valence-corrected chi connectivity index (χ1v) is 7.29. The van der Waals surface area contributed by atoms with Crippen LogP contribution in [0.5, 0.6) is 5.75 Å². The van der Waals surface area contributed by atoms with Crippen molar-refractivity contribution in [1.82, 2.24) is 4.73 Å². The number of alkyl halides is 3. The molecule has 0 atom stereocenters. The molecule has 0 N–H and O–H groups in total. The van der Waals surface area contributed by atoms with E-state index in [9.17, 15) is 28.1 Å². The van der Waals surface area contributed by atoms with Gasteiger partial charge in [-0.3, -0.25) is 4.79 Å². The molecule has 0 saturated carbocycles. The SMILES string of the molecule is COc1ccc2c(c1)n([O-])c(C(F)(F)F)c(C(=O)c1ccccc1)[n+]2=O. The summed E-state index contributed by atoms with van der Waals surface area (Å²) in [5.41, 5.74) is -4.24. The average Bonchev–Trinajstić information content (AvgIpc) is 2.63. The molecular weight excluding hydrogens is 353 g/mol. The Morgan fingerprint density at radius 3 is 2.38 bits per heavy atom. The first kappa shape index (κ1) is 17.5. The van der Waals surface area contributed by atoms with E-state index >= 15 is 0 Å². The van der Waals surface area contributed by atoms with Gasteiger partial charge < -0.3 is 14.7 Å². The van der Waals surface area contributed by atoms with E-state index in [4.69, 9.17) is 4.74 Å². The first-order chi connectivity index (χ1) is 12.3. The van der Waals surface area contributed by atoms with Crippen molar-refractivity contribution in [2.75, 3.05) is 7.11 Å². The van der Waals surface area contributed by atoms with Crippen molar-refractivity contribution >= 4 is 16.8 Å². The molecule has 6 nitrogen and oxygen atoms in total. The molecule has 26 heavy (non-hydrogen) atoms. The third-order valence-electron chi connectivity index (χ3n) is 3.77. The molecule has 0 aliphatic carbocycles. The molecule has 0 amide bonds. The maximum absolute atomic E-state index is 13.5. The highest BCUT2D eigenvalue weighted by atomic mass is 19.4. The van der Waals surface area contributed by atoms with Crippen LogP contribution in [0, 0.1) is 10.1 Å². The zero-order valence-electron chi connectivity index (χ0n) is 13.3. The zero-order valence-corrected chi connectivity index (χ0v) is 13.3. The largest absolute Gasteiger partial charge is 0.805 e. The molecule has 1 heterocycles. The number of benzene rings is 2. The highest BCUT2D eigenvalue weighted by molar-refractivity contribution is 6.08. The van der Waals surface area contributed by atoms with Crippen LogP contribution in [-0.2, 0) is 6.18 Å². The van der Waals surface area contributed by atoms with Crippen LogP contribution in [0.15, 0.2) is 48.5 Å². The van der Waals surface area contributed by atoms with Crippen LogP contribution in [0.1, 0.15) is 21.7 Å². The van der Waals surface area contributed by atoms with Crippen molar-refractivity contribution in [1.29, 1.82) is 0 Å². The van der Waals surface area contributed by atoms with Crippen LogP contribution in [0.4, 0.5) is 13.2 Å². The van der Waals surface area contributed by atoms with E-state index in [-0.39, 0.29) is 21.3 Å². The summed E-state index contributed by atoms with van der Waals surface area (Å²) >= 11 is 0. The number of nitrogens with zero attached hydrogens (tertiary/aromatic N) is 2. The standard InChI is InChI=1S/C17H11F3N2O4/c1-26-11-7-8-12-13(9-11)22(25)16(17(18,19)20)14(21(12)24)15(23)10-5-3-2-4-6-10/h2-9H,1H3. The summed E-state index contributed by atoms with van der Waals surface area (Å²) in [5, 5.41) is 12.4. The van der Waals surface area contributed by atoms with Crippen molar-refractivity contribution in [2.24, 2.45) is 0 Å². The molecule has 0 fully saturated rings. The molecular formula is C17H11F3N2O4. The fourth-order valence-electron chi connectivity index (χ4n) is 2.57. The van der Waals surface area contributed by atoms with Crippen molar-refractivity contribution in [3.05, 3.63) is 75.6 Å². The van der Waals surface area contributed by atoms with Gasteiger partial charge in [-0.25, -0.2) is 0 Å². The molecule has 3 aromatic rings. The number of carbonyl (C=O) groups is 1. The number of rotatable bonds is 3. The summed E-state index contributed by atoms with van der Waals surface area (Å²) in [6.07, 6.45) is -5.22. The second-order valence-corrected chi connectivity index (χ2v) is 5.33. The van der Waals surface area contributed by atoms with Crippen molar-refractivity contribution in [3.63, 3.8) is 0 Å². The van der Waals surface area contributed by atoms with E-state index in [2.05, 4.69) is 0 Å². The number of hydrogen-bond donors (Lipinski definition) is 0. The fourth-order valence-corrected chi connectivity index (χ4v) is 2.57. The number of methoxy groups -OCH3 is 1. The number of carbonyl (C=O) groups excluding carboxylic acids is 1. The lowest BCUT2D eigenvalue weighted by atomic mass is 10.1. The van der Waals surface area contributed by atoms with Crippen molar-refractivity contribution < 1.29 is 27.1 Å². The first-order valence-electron chi connectivity index (χ1n) is 7.29. The maximum Gasteiger partial charge on any atom is 0.438 e. The number of fused-ring (bicyclic) bond motifs is 1. The summed E-state index contributed by atoms with van der Waals surface area (Å²) in [5.74, 6) is -1.10. The lowest BCUT2D eigenvalue weighted by molar-refractivity contribution is -0.470. The molecule has 134 valence electrons. The van der Waals surface area contributed by atoms with Gasteiger partial charge in [0, 0.05) is 22.6 Å². The molecule has 0 radical (unpaired) electrons. The number of aromatic nitrogens is 2. The fraction of sp³-hybridized carbons (Fsp3) is 0.118. The number of hydrogen-bond acceptors (Lipinski definition) is 4. The van der Waals surface area contributed by atoms with E-state index in [1.807, 2.05) is 0 Å². The highest BCUT2D eigenvalue weighted by Crippen LogP contribution is 2.33. The van der Waals surface area contributed by atoms with Gasteiger partial charge in [0.1, 0.15) is 11.3 Å². The van der Waals surface area contributed by atoms with Gasteiger partial charge in [-0.05, 0) is 6.07 Å². The summed E-state index contributed by atoms with van der Waals surface area (Å²) in [6, 6.07) is 10.4. The number of ether oxygens (including phenoxy) is 1. The van der Waals surface area contributed by atoms with Crippen LogP contribution in [0.2, 0.25) is 0 Å². The second-order valence-electron chi connectivity index (χ2n) is 5.33. The second kappa shape index (κ2) is 6.17. The van der Waals surface area contributed by atoms with Gasteiger partial charge in [0.25, 0.3) is 11.3 Å². The molecule has 0 spiro atoms. The van der Waals surface area contributed by atoms with Crippen LogP contribution in [0.3, 0.4) is 0 Å². The average molecular weight is 364 g/mol. The number of halogens is 3. The van der Waals surface area contributed by atoms with Crippen LogP contribution in [0.25, 0.3) is 11.0 Å². The minimum absolute atomic E-state index is 0.0948. The molecule has 0 aliphatic heterocycles. The summed E-state index contributed by atoms with van der Waals surface area (Å²) in [4.78, 5) is 25.1. The van der Waals surface area contributed by atoms with E-state index in [0.717, 1.165) is 12.1 Å². The normalized spacial score (nSPS) is 11.5. The predicted molar refractivity (Wildman–Crippen MR) is 85.5 cm³/mol. The topological polar surface area (TPSA) is 77.3 Å². The van der Waals surface area contributed by atoms with E-state index < -0.39 is 33.6 Å². The Labute approximate surface area is 144 Å². The minimum Gasteiger partial charge on any atom is -0.805 e. The third kappa shape index (κ3) is 2.77. The van der Waals surface area contributed by atoms with Crippen molar-refractivity contribution in [2.45, 2.75) is 6.18 Å². The predicted octanol–water partition coefficient (Wildman–Crippen LogP) is 3.16. The summed E-state index contributed by atoms with van der Waals surface area (Å²) in [6.45, 7) is 0. The van der Waals surface area contributed by atoms with Gasteiger partial charge in [-0.2, -0.15) is 13.2 Å². The molecule has 9 heteroatoms. The lowest BCUT2D eigenvalue weighted by Gasteiger charge is -2.20. The Hall–Kier alpha value is -3.36. The number of ketones is 1. The molecule has 0 saturated heterocycles. The molecule has 1 aromatic heterocycles. The maximum atomic E-state index is 13.5. The van der Waals surface area contributed by atoms with E-state index in [0.29, 0.717) is 0 Å². The molecule has 3 rings (SSSR count). The van der Waals surface area contributed by atoms with Gasteiger partial charge in [0.2, 0.25) is 5.69 Å². The molecule has 0 bridgehead atoms. The Kier molecular flexibility index (Phi) is 4.15. The van der Waals surface area contributed by atoms with Crippen LogP contribution < -0.4 is 9.16 Å². The molecule has 0 aliphatic rings. The quantitative estimate of drug-likeness (QED) is 0.528. The highest BCUT2D eigenvalue weighted by Gasteiger charge is 2.45. The summed E-state index contributed by atoms with van der Waals surface area (Å²) in [7, 11) is 1.26. The van der Waals surface area contributed by atoms with Crippen LogP contribution >= 0.6 is 0 Å². The Bertz CT molecular complexity index is 1060. The Morgan fingerprint density at radius 1 is 1.15 bits per heavy atom. The van der Waals surface area contributed by atoms with Gasteiger partial charge in [-0.15, -0.1) is 0 Å². The third-order valence-corrected chi connectivity index (χ3v) is 3.77. The van der Waals surface area contributed by atoms with Gasteiger partial charge in [0.15, 0.2) is 0 Å². The monoisotopic (exact) mass is 364 g/mol. The van der Waals surface area contributed by atoms with E-state index in [1.54, 1.807) is 6.07 Å². The van der Waals surface area contributed by atoms with Crippen molar-refractivity contribution in [3.8, 4) is 5.75 Å². The van der Waals surface area contributed by atoms with Gasteiger partial charge >= 0.3 is 11.9 Å². The van der Waals surface area contributed by atoms with E-state index in [1.165, 1.54) is 37.4 Å². The molecule has 2 aromatic carbocycles.